The number of fused-ring (bicyclic) bond motifs is 1. The van der Waals surface area contributed by atoms with Crippen molar-refractivity contribution in [2.24, 2.45) is 5.92 Å². The highest BCUT2D eigenvalue weighted by molar-refractivity contribution is 5.40. The van der Waals surface area contributed by atoms with Crippen molar-refractivity contribution < 1.29 is 4.74 Å². The lowest BCUT2D eigenvalue weighted by Crippen LogP contribution is -2.43. The quantitative estimate of drug-likeness (QED) is 0.819. The van der Waals surface area contributed by atoms with E-state index in [1.807, 2.05) is 6.07 Å². The van der Waals surface area contributed by atoms with Crippen molar-refractivity contribution >= 4 is 11.8 Å². The third kappa shape index (κ3) is 3.65. The summed E-state index contributed by atoms with van der Waals surface area (Å²) in [6.45, 7) is 6.83. The van der Waals surface area contributed by atoms with E-state index >= 15 is 0 Å². The van der Waals surface area contributed by atoms with Crippen molar-refractivity contribution in [3.63, 3.8) is 0 Å². The summed E-state index contributed by atoms with van der Waals surface area (Å²) < 4.78 is 8.14. The molecular weight excluding hydrogens is 330 g/mol. The molecule has 2 N–H and O–H groups in total. The average molecular weight is 357 g/mol. The van der Waals surface area contributed by atoms with Gasteiger partial charge in [-0.15, -0.1) is 10.2 Å². The third-order valence-electron chi connectivity index (χ3n) is 5.10. The van der Waals surface area contributed by atoms with Crippen LogP contribution in [0.25, 0.3) is 0 Å². The minimum atomic E-state index is 0.216. The second-order valence-corrected chi connectivity index (χ2v) is 7.38. The zero-order valence-corrected chi connectivity index (χ0v) is 15.5. The van der Waals surface area contributed by atoms with Crippen molar-refractivity contribution in [2.75, 3.05) is 17.2 Å². The molecule has 0 amide bonds. The number of nitrogens with zero attached hydrogens (tertiary/aromatic N) is 5. The molecule has 26 heavy (non-hydrogen) atoms. The van der Waals surface area contributed by atoms with Gasteiger partial charge in [-0.2, -0.15) is 4.98 Å². The highest BCUT2D eigenvalue weighted by atomic mass is 16.5. The molecule has 8 heteroatoms. The van der Waals surface area contributed by atoms with Gasteiger partial charge in [0.05, 0.1) is 18.7 Å². The number of nitrogens with one attached hydrogen (secondary N) is 2. The molecule has 140 valence electrons. The van der Waals surface area contributed by atoms with E-state index in [4.69, 9.17) is 4.74 Å². The summed E-state index contributed by atoms with van der Waals surface area (Å²) >= 11 is 0. The lowest BCUT2D eigenvalue weighted by Gasteiger charge is -2.35. The Kier molecular flexibility index (Phi) is 5.01. The number of aryl methyl sites for hydroxylation is 1. The van der Waals surface area contributed by atoms with Crippen molar-refractivity contribution in [1.29, 1.82) is 0 Å². The van der Waals surface area contributed by atoms with Gasteiger partial charge < -0.3 is 19.9 Å². The molecule has 0 unspecified atom stereocenters. The highest BCUT2D eigenvalue weighted by Gasteiger charge is 2.28. The first kappa shape index (κ1) is 17.2. The Morgan fingerprint density at radius 3 is 3.12 bits per heavy atom. The van der Waals surface area contributed by atoms with Crippen LogP contribution in [0, 0.1) is 5.92 Å². The van der Waals surface area contributed by atoms with Gasteiger partial charge in [-0.1, -0.05) is 13.8 Å². The van der Waals surface area contributed by atoms with Crippen LogP contribution in [-0.4, -0.2) is 43.5 Å². The van der Waals surface area contributed by atoms with Gasteiger partial charge in [-0.3, -0.25) is 0 Å². The average Bonchev–Trinajstić information content (AvgIpc) is 3.25. The maximum atomic E-state index is 5.95. The molecule has 0 aliphatic carbocycles. The summed E-state index contributed by atoms with van der Waals surface area (Å²) in [6.07, 6.45) is 6.34. The predicted octanol–water partition coefficient (Wildman–Crippen LogP) is 2.24. The van der Waals surface area contributed by atoms with Gasteiger partial charge in [0.25, 0.3) is 0 Å². The van der Waals surface area contributed by atoms with Crippen LogP contribution in [0.3, 0.4) is 0 Å². The molecule has 0 radical (unpaired) electrons. The maximum absolute atomic E-state index is 5.95. The minimum Gasteiger partial charge on any atom is -0.376 e. The first-order valence-corrected chi connectivity index (χ1v) is 9.57. The van der Waals surface area contributed by atoms with Crippen LogP contribution in [0.4, 0.5) is 11.8 Å². The Morgan fingerprint density at radius 2 is 2.23 bits per heavy atom. The fourth-order valence-electron chi connectivity index (χ4n) is 3.83. The number of hydrogen-bond donors (Lipinski definition) is 2. The van der Waals surface area contributed by atoms with E-state index in [-0.39, 0.29) is 12.1 Å². The Balaban J connectivity index is 1.40. The van der Waals surface area contributed by atoms with Crippen molar-refractivity contribution in [2.45, 2.75) is 64.8 Å². The van der Waals surface area contributed by atoms with Crippen molar-refractivity contribution in [3.05, 3.63) is 23.9 Å². The lowest BCUT2D eigenvalue weighted by molar-refractivity contribution is -0.0203. The van der Waals surface area contributed by atoms with Gasteiger partial charge in [-0.25, -0.2) is 4.98 Å². The molecule has 0 bridgehead atoms. The monoisotopic (exact) mass is 357 g/mol. The Hall–Kier alpha value is -2.22. The fraction of sp³-hybridized carbons (Fsp3) is 0.667. The van der Waals surface area contributed by atoms with Gasteiger partial charge in [0, 0.05) is 25.8 Å². The summed E-state index contributed by atoms with van der Waals surface area (Å²) in [6, 6.07) is 2.19. The molecule has 4 rings (SSSR count). The number of ether oxygens (including phenoxy) is 1. The molecular formula is C18H27N7O. The molecule has 2 aromatic rings. The summed E-state index contributed by atoms with van der Waals surface area (Å²) in [7, 11) is 0. The zero-order chi connectivity index (χ0) is 17.9. The van der Waals surface area contributed by atoms with Crippen LogP contribution < -0.4 is 10.6 Å². The van der Waals surface area contributed by atoms with Gasteiger partial charge in [0.1, 0.15) is 11.6 Å². The second-order valence-electron chi connectivity index (χ2n) is 7.38. The largest absolute Gasteiger partial charge is 0.376 e. The second kappa shape index (κ2) is 7.57. The molecule has 2 aliphatic rings. The summed E-state index contributed by atoms with van der Waals surface area (Å²) in [5.74, 6) is 3.93. The zero-order valence-electron chi connectivity index (χ0n) is 15.5. The topological polar surface area (TPSA) is 89.8 Å². The summed E-state index contributed by atoms with van der Waals surface area (Å²) in [5, 5.41) is 15.3. The first-order chi connectivity index (χ1) is 12.7. The Labute approximate surface area is 153 Å². The van der Waals surface area contributed by atoms with E-state index in [2.05, 4.69) is 49.2 Å². The molecule has 0 saturated carbocycles. The highest BCUT2D eigenvalue weighted by Crippen LogP contribution is 2.23. The van der Waals surface area contributed by atoms with Crippen LogP contribution in [0.15, 0.2) is 12.3 Å². The molecule has 1 saturated heterocycles. The summed E-state index contributed by atoms with van der Waals surface area (Å²) in [5.41, 5.74) is 0. The van der Waals surface area contributed by atoms with Crippen LogP contribution in [-0.2, 0) is 24.2 Å². The van der Waals surface area contributed by atoms with Gasteiger partial charge in [0.15, 0.2) is 5.82 Å². The third-order valence-corrected chi connectivity index (χ3v) is 5.10. The lowest BCUT2D eigenvalue weighted by atomic mass is 9.94. The molecule has 8 nitrogen and oxygen atoms in total. The van der Waals surface area contributed by atoms with Crippen LogP contribution in [0.2, 0.25) is 0 Å². The number of rotatable bonds is 6. The first-order valence-electron chi connectivity index (χ1n) is 9.57. The maximum Gasteiger partial charge on any atom is 0.224 e. The molecule has 2 aliphatic heterocycles. The van der Waals surface area contributed by atoms with Crippen molar-refractivity contribution in [3.8, 4) is 0 Å². The minimum absolute atomic E-state index is 0.216. The van der Waals surface area contributed by atoms with E-state index in [0.717, 1.165) is 56.3 Å². The smallest absolute Gasteiger partial charge is 0.224 e. The van der Waals surface area contributed by atoms with Crippen LogP contribution >= 0.6 is 0 Å². The Bertz CT molecular complexity index is 745. The van der Waals surface area contributed by atoms with E-state index < -0.39 is 0 Å². The normalized spacial score (nSPS) is 22.4. The molecule has 0 aromatic carbocycles. The molecule has 2 aromatic heterocycles. The van der Waals surface area contributed by atoms with Crippen LogP contribution in [0.5, 0.6) is 0 Å². The Morgan fingerprint density at radius 1 is 1.31 bits per heavy atom. The summed E-state index contributed by atoms with van der Waals surface area (Å²) in [4.78, 5) is 8.94. The van der Waals surface area contributed by atoms with E-state index in [1.54, 1.807) is 6.20 Å². The van der Waals surface area contributed by atoms with Gasteiger partial charge >= 0.3 is 0 Å². The standard InChI is InChI=1S/C18H27N7O/c1-12(2)17-13(5-4-10-26-17)21-14-7-8-19-18(22-14)20-11-16-24-23-15-6-3-9-25(15)16/h7-8,12-13,17H,3-6,9-11H2,1-2H3,(H2,19,20,21,22)/t13-,17-/m1/s1. The molecule has 4 heterocycles. The fourth-order valence-corrected chi connectivity index (χ4v) is 3.83. The van der Waals surface area contributed by atoms with E-state index in [0.29, 0.717) is 18.4 Å². The van der Waals surface area contributed by atoms with Crippen molar-refractivity contribution in [1.82, 2.24) is 24.7 Å². The molecule has 0 spiro atoms. The number of aromatic nitrogens is 5. The van der Waals surface area contributed by atoms with E-state index in [9.17, 15) is 0 Å². The van der Waals surface area contributed by atoms with Gasteiger partial charge in [0.2, 0.25) is 5.95 Å². The number of hydrogen-bond acceptors (Lipinski definition) is 7. The predicted molar refractivity (Wildman–Crippen MR) is 98.9 cm³/mol. The van der Waals surface area contributed by atoms with Gasteiger partial charge in [-0.05, 0) is 31.2 Å². The molecule has 1 fully saturated rings. The number of anilines is 2. The SMILES string of the molecule is CC(C)[C@H]1OCCC[C@H]1Nc1ccnc(NCc2nnc3n2CCC3)n1. The van der Waals surface area contributed by atoms with Crippen LogP contribution in [0.1, 0.15) is 44.8 Å². The molecule has 2 atom stereocenters. The van der Waals surface area contributed by atoms with E-state index in [1.165, 1.54) is 0 Å².